The lowest BCUT2D eigenvalue weighted by atomic mass is 10.2. The summed E-state index contributed by atoms with van der Waals surface area (Å²) in [5, 5.41) is 0. The van der Waals surface area contributed by atoms with E-state index in [1.165, 1.54) is 17.9 Å². The lowest BCUT2D eigenvalue weighted by Crippen LogP contribution is -2.43. The number of hydrogen-bond acceptors (Lipinski definition) is 3. The van der Waals surface area contributed by atoms with E-state index in [4.69, 9.17) is 4.74 Å². The summed E-state index contributed by atoms with van der Waals surface area (Å²) in [4.78, 5) is 2.59. The highest BCUT2D eigenvalue weighted by molar-refractivity contribution is 7.99. The zero-order valence-corrected chi connectivity index (χ0v) is 7.61. The van der Waals surface area contributed by atoms with E-state index >= 15 is 0 Å². The van der Waals surface area contributed by atoms with Crippen LogP contribution < -0.4 is 0 Å². The van der Waals surface area contributed by atoms with Crippen molar-refractivity contribution < 1.29 is 4.74 Å². The summed E-state index contributed by atoms with van der Waals surface area (Å²) in [7, 11) is 0. The Balaban J connectivity index is 1.82. The molecule has 0 unspecified atom stereocenters. The van der Waals surface area contributed by atoms with Gasteiger partial charge in [-0.2, -0.15) is 11.8 Å². The fourth-order valence-electron chi connectivity index (χ4n) is 1.75. The molecule has 0 saturated carbocycles. The smallest absolute Gasteiger partial charge is 0.0594 e. The Morgan fingerprint density at radius 1 is 1.27 bits per heavy atom. The third-order valence-corrected chi connectivity index (χ3v) is 3.61. The monoisotopic (exact) mass is 173 g/mol. The van der Waals surface area contributed by atoms with Gasteiger partial charge in [-0.3, -0.25) is 4.90 Å². The first-order valence-corrected chi connectivity index (χ1v) is 5.52. The third-order valence-electron chi connectivity index (χ3n) is 2.47. The minimum atomic E-state index is 0.865. The molecule has 2 aliphatic rings. The Morgan fingerprint density at radius 3 is 2.73 bits per heavy atom. The predicted molar refractivity (Wildman–Crippen MR) is 48.1 cm³/mol. The maximum Gasteiger partial charge on any atom is 0.0594 e. The van der Waals surface area contributed by atoms with Gasteiger partial charge in [-0.05, 0) is 12.2 Å². The number of ether oxygens (including phenoxy) is 1. The van der Waals surface area contributed by atoms with Crippen LogP contribution in [0.3, 0.4) is 0 Å². The van der Waals surface area contributed by atoms with Crippen molar-refractivity contribution in [1.29, 1.82) is 0 Å². The fraction of sp³-hybridized carbons (Fsp3) is 1.00. The Morgan fingerprint density at radius 2 is 2.09 bits per heavy atom. The average Bonchev–Trinajstić information content (AvgIpc) is 2.58. The van der Waals surface area contributed by atoms with Gasteiger partial charge < -0.3 is 4.74 Å². The quantitative estimate of drug-likeness (QED) is 0.582. The maximum absolute atomic E-state index is 5.31. The first-order chi connectivity index (χ1) is 5.47. The van der Waals surface area contributed by atoms with Crippen LogP contribution in [0, 0.1) is 0 Å². The number of morpholine rings is 1. The van der Waals surface area contributed by atoms with Gasteiger partial charge in [-0.1, -0.05) is 0 Å². The lowest BCUT2D eigenvalue weighted by molar-refractivity contribution is 0.0218. The molecule has 0 aromatic carbocycles. The molecule has 64 valence electrons. The highest BCUT2D eigenvalue weighted by atomic mass is 32.2. The van der Waals surface area contributed by atoms with Crippen LogP contribution in [0.15, 0.2) is 0 Å². The summed E-state index contributed by atoms with van der Waals surface area (Å²) in [6.45, 7) is 4.21. The molecule has 0 aromatic heterocycles. The minimum absolute atomic E-state index is 0.865. The maximum atomic E-state index is 5.31. The molecule has 0 amide bonds. The SMILES string of the molecule is C1CN([C@@H]2CCSC2)CCO1. The Kier molecular flexibility index (Phi) is 2.72. The first-order valence-electron chi connectivity index (χ1n) is 4.36. The molecule has 0 bridgehead atoms. The van der Waals surface area contributed by atoms with Crippen molar-refractivity contribution >= 4 is 11.8 Å². The normalized spacial score (nSPS) is 34.4. The van der Waals surface area contributed by atoms with Crippen LogP contribution in [-0.2, 0) is 4.74 Å². The Bertz CT molecular complexity index is 119. The van der Waals surface area contributed by atoms with Gasteiger partial charge in [0.25, 0.3) is 0 Å². The van der Waals surface area contributed by atoms with Crippen molar-refractivity contribution in [2.45, 2.75) is 12.5 Å². The number of rotatable bonds is 1. The summed E-state index contributed by atoms with van der Waals surface area (Å²) < 4.78 is 5.31. The van der Waals surface area contributed by atoms with Gasteiger partial charge in [0.15, 0.2) is 0 Å². The van der Waals surface area contributed by atoms with Crippen molar-refractivity contribution in [2.75, 3.05) is 37.8 Å². The summed E-state index contributed by atoms with van der Waals surface area (Å²) in [6.07, 6.45) is 1.39. The second kappa shape index (κ2) is 3.78. The van der Waals surface area contributed by atoms with E-state index in [1.54, 1.807) is 0 Å². The molecule has 2 rings (SSSR count). The Hall–Kier alpha value is 0.270. The summed E-state index contributed by atoms with van der Waals surface area (Å²) in [5.74, 6) is 2.71. The van der Waals surface area contributed by atoms with Gasteiger partial charge in [0.2, 0.25) is 0 Å². The van der Waals surface area contributed by atoms with E-state index in [1.807, 2.05) is 0 Å². The zero-order valence-electron chi connectivity index (χ0n) is 6.79. The molecular formula is C8H15NOS. The molecule has 11 heavy (non-hydrogen) atoms. The highest BCUT2D eigenvalue weighted by Gasteiger charge is 2.23. The molecule has 0 aliphatic carbocycles. The number of nitrogens with zero attached hydrogens (tertiary/aromatic N) is 1. The van der Waals surface area contributed by atoms with Crippen LogP contribution in [0.1, 0.15) is 6.42 Å². The molecule has 2 nitrogen and oxygen atoms in total. The molecule has 3 heteroatoms. The largest absolute Gasteiger partial charge is 0.379 e. The number of thioether (sulfide) groups is 1. The minimum Gasteiger partial charge on any atom is -0.379 e. The molecule has 0 aromatic rings. The van der Waals surface area contributed by atoms with Crippen LogP contribution in [0.25, 0.3) is 0 Å². The zero-order chi connectivity index (χ0) is 7.52. The summed E-state index contributed by atoms with van der Waals surface area (Å²) >= 11 is 2.09. The summed E-state index contributed by atoms with van der Waals surface area (Å²) in [5.41, 5.74) is 0. The van der Waals surface area contributed by atoms with Gasteiger partial charge in [-0.15, -0.1) is 0 Å². The molecule has 2 fully saturated rings. The van der Waals surface area contributed by atoms with Gasteiger partial charge in [0.05, 0.1) is 13.2 Å². The standard InChI is InChI=1S/C8H15NOS/c1-6-11-7-8(1)9-2-4-10-5-3-9/h8H,1-7H2/t8-/m1/s1. The van der Waals surface area contributed by atoms with E-state index in [-0.39, 0.29) is 0 Å². The molecule has 2 saturated heterocycles. The van der Waals surface area contributed by atoms with Crippen molar-refractivity contribution in [1.82, 2.24) is 4.90 Å². The van der Waals surface area contributed by atoms with Crippen molar-refractivity contribution in [3.05, 3.63) is 0 Å². The van der Waals surface area contributed by atoms with Gasteiger partial charge >= 0.3 is 0 Å². The molecular weight excluding hydrogens is 158 g/mol. The predicted octanol–water partition coefficient (Wildman–Crippen LogP) is 0.824. The highest BCUT2D eigenvalue weighted by Crippen LogP contribution is 2.22. The van der Waals surface area contributed by atoms with E-state index in [9.17, 15) is 0 Å². The first kappa shape index (κ1) is 7.90. The fourth-order valence-corrected chi connectivity index (χ4v) is 3.01. The van der Waals surface area contributed by atoms with E-state index in [0.29, 0.717) is 0 Å². The van der Waals surface area contributed by atoms with Crippen LogP contribution in [0.5, 0.6) is 0 Å². The van der Waals surface area contributed by atoms with Crippen molar-refractivity contribution in [3.8, 4) is 0 Å². The second-order valence-electron chi connectivity index (χ2n) is 3.17. The van der Waals surface area contributed by atoms with Crippen LogP contribution in [0.2, 0.25) is 0 Å². The average molecular weight is 173 g/mol. The van der Waals surface area contributed by atoms with Crippen LogP contribution in [-0.4, -0.2) is 48.8 Å². The van der Waals surface area contributed by atoms with Crippen LogP contribution in [0.4, 0.5) is 0 Å². The van der Waals surface area contributed by atoms with Crippen molar-refractivity contribution in [3.63, 3.8) is 0 Å². The third kappa shape index (κ3) is 1.89. The summed E-state index contributed by atoms with van der Waals surface area (Å²) in [6, 6.07) is 0.865. The lowest BCUT2D eigenvalue weighted by Gasteiger charge is -2.31. The topological polar surface area (TPSA) is 12.5 Å². The van der Waals surface area contributed by atoms with Gasteiger partial charge in [0, 0.05) is 24.9 Å². The molecule has 2 heterocycles. The van der Waals surface area contributed by atoms with E-state index in [2.05, 4.69) is 16.7 Å². The molecule has 0 N–H and O–H groups in total. The Labute approximate surface area is 72.3 Å². The van der Waals surface area contributed by atoms with Crippen molar-refractivity contribution in [2.24, 2.45) is 0 Å². The van der Waals surface area contributed by atoms with E-state index in [0.717, 1.165) is 32.3 Å². The molecule has 0 radical (unpaired) electrons. The molecule has 1 atom stereocenters. The van der Waals surface area contributed by atoms with E-state index < -0.39 is 0 Å². The second-order valence-corrected chi connectivity index (χ2v) is 4.32. The van der Waals surface area contributed by atoms with Gasteiger partial charge in [0.1, 0.15) is 0 Å². The molecule has 2 aliphatic heterocycles. The number of hydrogen-bond donors (Lipinski definition) is 0. The van der Waals surface area contributed by atoms with Crippen LogP contribution >= 0.6 is 11.8 Å². The molecule has 0 spiro atoms. The van der Waals surface area contributed by atoms with Gasteiger partial charge in [-0.25, -0.2) is 0 Å².